The second kappa shape index (κ2) is 8.27. The first-order chi connectivity index (χ1) is 11.1. The van der Waals surface area contributed by atoms with E-state index in [0.29, 0.717) is 13.2 Å². The van der Waals surface area contributed by atoms with E-state index in [1.807, 2.05) is 50.2 Å². The molecule has 1 heterocycles. The monoisotopic (exact) mass is 316 g/mol. The van der Waals surface area contributed by atoms with Crippen LogP contribution in [0.3, 0.4) is 0 Å². The zero-order valence-electron chi connectivity index (χ0n) is 13.9. The highest BCUT2D eigenvalue weighted by atomic mass is 16.5. The molecule has 0 spiro atoms. The molecule has 1 unspecified atom stereocenters. The van der Waals surface area contributed by atoms with Gasteiger partial charge in [0, 0.05) is 6.54 Å². The van der Waals surface area contributed by atoms with Crippen molar-refractivity contribution in [3.63, 3.8) is 0 Å². The number of nitrogens with one attached hydrogen (secondary N) is 2. The minimum absolute atomic E-state index is 0.178. The van der Waals surface area contributed by atoms with Gasteiger partial charge in [-0.1, -0.05) is 19.1 Å². The molecule has 2 amide bonds. The molecular weight excluding hydrogens is 292 g/mol. The molecule has 0 aliphatic carbocycles. The summed E-state index contributed by atoms with van der Waals surface area (Å²) in [6, 6.07) is 11.1. The van der Waals surface area contributed by atoms with Gasteiger partial charge in [-0.15, -0.1) is 0 Å². The van der Waals surface area contributed by atoms with E-state index in [-0.39, 0.29) is 12.1 Å². The fourth-order valence-electron chi connectivity index (χ4n) is 2.15. The van der Waals surface area contributed by atoms with Gasteiger partial charge in [-0.2, -0.15) is 0 Å². The Morgan fingerprint density at radius 3 is 2.83 bits per heavy atom. The number of amides is 2. The highest BCUT2D eigenvalue weighted by molar-refractivity contribution is 5.74. The van der Waals surface area contributed by atoms with Gasteiger partial charge in [0.05, 0.1) is 12.6 Å². The Morgan fingerprint density at radius 1 is 1.30 bits per heavy atom. The first kappa shape index (κ1) is 16.9. The van der Waals surface area contributed by atoms with Crippen LogP contribution < -0.4 is 15.4 Å². The van der Waals surface area contributed by atoms with E-state index in [1.165, 1.54) is 0 Å². The van der Waals surface area contributed by atoms with Crippen LogP contribution in [-0.4, -0.2) is 12.6 Å². The minimum atomic E-state index is -0.230. The molecule has 2 N–H and O–H groups in total. The smallest absolute Gasteiger partial charge is 0.315 e. The van der Waals surface area contributed by atoms with Crippen molar-refractivity contribution in [2.75, 3.05) is 6.61 Å². The Morgan fingerprint density at radius 2 is 2.13 bits per heavy atom. The third-order valence-electron chi connectivity index (χ3n) is 3.36. The van der Waals surface area contributed by atoms with Gasteiger partial charge in [0.25, 0.3) is 0 Å². The summed E-state index contributed by atoms with van der Waals surface area (Å²) < 4.78 is 11.1. The summed E-state index contributed by atoms with van der Waals surface area (Å²) in [6.07, 6.45) is 0.967. The van der Waals surface area contributed by atoms with E-state index >= 15 is 0 Å². The van der Waals surface area contributed by atoms with Crippen molar-refractivity contribution < 1.29 is 13.9 Å². The number of ether oxygens (including phenoxy) is 1. The van der Waals surface area contributed by atoms with E-state index in [9.17, 15) is 4.79 Å². The van der Waals surface area contributed by atoms with Crippen LogP contribution >= 0.6 is 0 Å². The number of carbonyl (C=O) groups is 1. The molecule has 1 aromatic carbocycles. The molecule has 2 rings (SSSR count). The van der Waals surface area contributed by atoms with Crippen LogP contribution in [0, 0.1) is 6.92 Å². The molecule has 1 atom stereocenters. The Bertz CT molecular complexity index is 637. The Labute approximate surface area is 137 Å². The number of aryl methyl sites for hydroxylation is 1. The molecular formula is C18H24N2O3. The lowest BCUT2D eigenvalue weighted by atomic mass is 10.2. The maximum absolute atomic E-state index is 12.0. The van der Waals surface area contributed by atoms with Crippen LogP contribution in [0.2, 0.25) is 0 Å². The van der Waals surface area contributed by atoms with E-state index in [0.717, 1.165) is 29.3 Å². The Balaban J connectivity index is 1.82. The number of hydrogen-bond donors (Lipinski definition) is 2. The van der Waals surface area contributed by atoms with Crippen LogP contribution in [0.25, 0.3) is 0 Å². The summed E-state index contributed by atoms with van der Waals surface area (Å²) in [6.45, 7) is 6.97. The van der Waals surface area contributed by atoms with Crippen LogP contribution in [0.4, 0.5) is 4.79 Å². The highest BCUT2D eigenvalue weighted by Gasteiger charge is 2.12. The number of hydrogen-bond acceptors (Lipinski definition) is 3. The molecule has 0 saturated carbocycles. The Hall–Kier alpha value is -2.43. The first-order valence-electron chi connectivity index (χ1n) is 7.91. The standard InChI is InChI=1S/C18H24N2O3/c1-4-10-22-16-7-5-6-15(11-16)12-19-18(21)20-14(3)17-9-8-13(2)23-17/h5-9,11,14H,4,10,12H2,1-3H3,(H2,19,20,21). The van der Waals surface area contributed by atoms with Crippen LogP contribution in [0.5, 0.6) is 5.75 Å². The molecule has 0 fully saturated rings. The number of rotatable bonds is 7. The van der Waals surface area contributed by atoms with Gasteiger partial charge in [0.2, 0.25) is 0 Å². The van der Waals surface area contributed by atoms with E-state index in [2.05, 4.69) is 17.6 Å². The molecule has 2 aromatic rings. The van der Waals surface area contributed by atoms with Gasteiger partial charge < -0.3 is 19.8 Å². The van der Waals surface area contributed by atoms with Crippen molar-refractivity contribution in [2.45, 2.75) is 39.8 Å². The van der Waals surface area contributed by atoms with E-state index in [1.54, 1.807) is 0 Å². The van der Waals surface area contributed by atoms with Crippen molar-refractivity contribution in [1.82, 2.24) is 10.6 Å². The lowest BCUT2D eigenvalue weighted by Crippen LogP contribution is -2.36. The second-order valence-corrected chi connectivity index (χ2v) is 5.49. The van der Waals surface area contributed by atoms with Crippen LogP contribution in [0.1, 0.15) is 43.4 Å². The SMILES string of the molecule is CCCOc1cccc(CNC(=O)NC(C)c2ccc(C)o2)c1. The third-order valence-corrected chi connectivity index (χ3v) is 3.36. The number of carbonyl (C=O) groups excluding carboxylic acids is 1. The number of benzene rings is 1. The van der Waals surface area contributed by atoms with Crippen molar-refractivity contribution >= 4 is 6.03 Å². The van der Waals surface area contributed by atoms with Gasteiger partial charge in [0.1, 0.15) is 17.3 Å². The van der Waals surface area contributed by atoms with Crippen LogP contribution in [-0.2, 0) is 6.54 Å². The number of urea groups is 1. The van der Waals surface area contributed by atoms with Crippen molar-refractivity contribution in [3.05, 3.63) is 53.5 Å². The molecule has 5 heteroatoms. The second-order valence-electron chi connectivity index (χ2n) is 5.49. The molecule has 0 aliphatic heterocycles. The molecule has 0 aliphatic rings. The molecule has 1 aromatic heterocycles. The summed E-state index contributed by atoms with van der Waals surface area (Å²) in [5, 5.41) is 5.70. The van der Waals surface area contributed by atoms with Gasteiger partial charge in [-0.25, -0.2) is 4.79 Å². The number of furan rings is 1. The topological polar surface area (TPSA) is 63.5 Å². The quantitative estimate of drug-likeness (QED) is 0.813. The summed E-state index contributed by atoms with van der Waals surface area (Å²) in [4.78, 5) is 12.0. The molecule has 124 valence electrons. The molecule has 0 bridgehead atoms. The summed E-state index contributed by atoms with van der Waals surface area (Å²) in [5.74, 6) is 2.40. The average molecular weight is 316 g/mol. The molecule has 0 saturated heterocycles. The zero-order chi connectivity index (χ0) is 16.7. The van der Waals surface area contributed by atoms with E-state index in [4.69, 9.17) is 9.15 Å². The summed E-state index contributed by atoms with van der Waals surface area (Å²) in [5.41, 5.74) is 0.996. The summed E-state index contributed by atoms with van der Waals surface area (Å²) >= 11 is 0. The van der Waals surface area contributed by atoms with Crippen LogP contribution in [0.15, 0.2) is 40.8 Å². The fraction of sp³-hybridized carbons (Fsp3) is 0.389. The van der Waals surface area contributed by atoms with Gasteiger partial charge in [-0.05, 0) is 50.1 Å². The fourth-order valence-corrected chi connectivity index (χ4v) is 2.15. The molecule has 5 nitrogen and oxygen atoms in total. The lowest BCUT2D eigenvalue weighted by molar-refractivity contribution is 0.235. The van der Waals surface area contributed by atoms with Crippen molar-refractivity contribution in [3.8, 4) is 5.75 Å². The third kappa shape index (κ3) is 5.36. The molecule has 0 radical (unpaired) electrons. The zero-order valence-corrected chi connectivity index (χ0v) is 13.9. The molecule has 23 heavy (non-hydrogen) atoms. The average Bonchev–Trinajstić information content (AvgIpc) is 2.98. The maximum Gasteiger partial charge on any atom is 0.315 e. The normalized spacial score (nSPS) is 11.8. The van der Waals surface area contributed by atoms with Gasteiger partial charge in [-0.3, -0.25) is 0 Å². The maximum atomic E-state index is 12.0. The van der Waals surface area contributed by atoms with Crippen molar-refractivity contribution in [2.24, 2.45) is 0 Å². The highest BCUT2D eigenvalue weighted by Crippen LogP contribution is 2.16. The predicted octanol–water partition coefficient (Wildman–Crippen LogP) is 3.94. The van der Waals surface area contributed by atoms with Gasteiger partial charge in [0.15, 0.2) is 0 Å². The predicted molar refractivity (Wildman–Crippen MR) is 89.5 cm³/mol. The van der Waals surface area contributed by atoms with Crippen molar-refractivity contribution in [1.29, 1.82) is 0 Å². The van der Waals surface area contributed by atoms with E-state index < -0.39 is 0 Å². The van der Waals surface area contributed by atoms with Gasteiger partial charge >= 0.3 is 6.03 Å². The lowest BCUT2D eigenvalue weighted by Gasteiger charge is -2.13. The first-order valence-corrected chi connectivity index (χ1v) is 7.91. The Kier molecular flexibility index (Phi) is 6.09. The minimum Gasteiger partial charge on any atom is -0.494 e. The largest absolute Gasteiger partial charge is 0.494 e. The summed E-state index contributed by atoms with van der Waals surface area (Å²) in [7, 11) is 0.